The molecular weight excluding hydrogens is 422 g/mol. The van der Waals surface area contributed by atoms with Crippen molar-refractivity contribution in [3.05, 3.63) is 21.9 Å². The molecule has 3 heterocycles. The van der Waals surface area contributed by atoms with Crippen molar-refractivity contribution < 1.29 is 14.4 Å². The zero-order valence-corrected chi connectivity index (χ0v) is 20.0. The van der Waals surface area contributed by atoms with E-state index in [2.05, 4.69) is 9.80 Å². The van der Waals surface area contributed by atoms with Gasteiger partial charge in [-0.3, -0.25) is 19.3 Å². The van der Waals surface area contributed by atoms with Gasteiger partial charge >= 0.3 is 0 Å². The standard InChI is InChI=1S/C25H35N3O3S/c1-18(29)21-7-8-22(32-21)24(31)27-11-9-25(10-12-27)17-20(25)23(30)28-15-13-26(14-16-28)19-5-3-2-4-6-19/h7-8,19-20H,2-6,9-17H2,1H3/t20-/m1/s1. The predicted octanol–water partition coefficient (Wildman–Crippen LogP) is 3.67. The number of nitrogens with zero attached hydrogens (tertiary/aromatic N) is 3. The third kappa shape index (κ3) is 4.26. The van der Waals surface area contributed by atoms with E-state index in [1.807, 2.05) is 4.90 Å². The smallest absolute Gasteiger partial charge is 0.263 e. The molecule has 1 spiro atoms. The summed E-state index contributed by atoms with van der Waals surface area (Å²) < 4.78 is 0. The van der Waals surface area contributed by atoms with E-state index in [4.69, 9.17) is 0 Å². The molecule has 2 aliphatic carbocycles. The Hall–Kier alpha value is -1.73. The Labute approximate surface area is 194 Å². The SMILES string of the molecule is CC(=O)c1ccc(C(=O)N2CCC3(CC2)C[C@@H]3C(=O)N2CCN(C3CCCCC3)CC2)s1. The molecule has 0 radical (unpaired) electrons. The second kappa shape index (κ2) is 8.90. The molecule has 1 atom stereocenters. The van der Waals surface area contributed by atoms with E-state index in [0.717, 1.165) is 51.5 Å². The maximum Gasteiger partial charge on any atom is 0.263 e. The summed E-state index contributed by atoms with van der Waals surface area (Å²) in [5, 5.41) is 0. The number of likely N-dealkylation sites (tertiary alicyclic amines) is 1. The molecule has 174 valence electrons. The second-order valence-electron chi connectivity index (χ2n) is 10.3. The number of amides is 2. The van der Waals surface area contributed by atoms with Crippen molar-refractivity contribution in [3.8, 4) is 0 Å². The number of thiophene rings is 1. The molecule has 4 aliphatic rings. The van der Waals surface area contributed by atoms with E-state index in [-0.39, 0.29) is 23.0 Å². The highest BCUT2D eigenvalue weighted by atomic mass is 32.1. The molecule has 2 saturated carbocycles. The molecule has 1 aromatic heterocycles. The minimum Gasteiger partial charge on any atom is -0.340 e. The summed E-state index contributed by atoms with van der Waals surface area (Å²) in [5.41, 5.74) is 0.119. The topological polar surface area (TPSA) is 60.9 Å². The molecule has 1 aromatic rings. The molecule has 0 N–H and O–H groups in total. The summed E-state index contributed by atoms with van der Waals surface area (Å²) in [5.74, 6) is 0.551. The van der Waals surface area contributed by atoms with Crippen molar-refractivity contribution in [2.24, 2.45) is 11.3 Å². The van der Waals surface area contributed by atoms with Crippen LogP contribution < -0.4 is 0 Å². The fourth-order valence-corrected chi connectivity index (χ4v) is 7.05. The van der Waals surface area contributed by atoms with Gasteiger partial charge in [0, 0.05) is 51.2 Å². The average molecular weight is 458 g/mol. The average Bonchev–Trinajstić information content (AvgIpc) is 3.28. The van der Waals surface area contributed by atoms with Crippen LogP contribution in [0.25, 0.3) is 0 Å². The third-order valence-electron chi connectivity index (χ3n) is 8.42. The Balaban J connectivity index is 1.10. The lowest BCUT2D eigenvalue weighted by atomic mass is 9.90. The Morgan fingerprint density at radius 3 is 2.16 bits per heavy atom. The van der Waals surface area contributed by atoms with Gasteiger partial charge in [0.1, 0.15) is 0 Å². The first-order valence-corrected chi connectivity index (χ1v) is 13.2. The summed E-state index contributed by atoms with van der Waals surface area (Å²) in [6.07, 6.45) is 9.59. The van der Waals surface area contributed by atoms with Crippen LogP contribution in [0.15, 0.2) is 12.1 Å². The number of carbonyl (C=O) groups is 3. The molecule has 32 heavy (non-hydrogen) atoms. The largest absolute Gasteiger partial charge is 0.340 e. The van der Waals surface area contributed by atoms with Crippen LogP contribution in [0.3, 0.4) is 0 Å². The Kier molecular flexibility index (Phi) is 6.14. The molecular formula is C25H35N3O3S. The summed E-state index contributed by atoms with van der Waals surface area (Å²) in [6.45, 7) is 6.78. The number of Topliss-reactive ketones (excluding diaryl/α,β-unsaturated/α-hetero) is 1. The summed E-state index contributed by atoms with van der Waals surface area (Å²) in [4.78, 5) is 45.5. The van der Waals surface area contributed by atoms with Gasteiger partial charge in [0.2, 0.25) is 5.91 Å². The van der Waals surface area contributed by atoms with Crippen molar-refractivity contribution >= 4 is 28.9 Å². The molecule has 0 bridgehead atoms. The minimum absolute atomic E-state index is 0.00514. The van der Waals surface area contributed by atoms with Gasteiger partial charge in [0.25, 0.3) is 5.91 Å². The molecule has 0 unspecified atom stereocenters. The molecule has 2 saturated heterocycles. The van der Waals surface area contributed by atoms with Crippen LogP contribution in [0.5, 0.6) is 0 Å². The minimum atomic E-state index is 0.00514. The van der Waals surface area contributed by atoms with Gasteiger partial charge in [-0.1, -0.05) is 19.3 Å². The maximum atomic E-state index is 13.2. The van der Waals surface area contributed by atoms with Crippen LogP contribution in [-0.4, -0.2) is 77.6 Å². The van der Waals surface area contributed by atoms with E-state index < -0.39 is 0 Å². The van der Waals surface area contributed by atoms with Crippen LogP contribution >= 0.6 is 11.3 Å². The van der Waals surface area contributed by atoms with Crippen LogP contribution in [0, 0.1) is 11.3 Å². The van der Waals surface area contributed by atoms with E-state index in [1.165, 1.54) is 50.4 Å². The quantitative estimate of drug-likeness (QED) is 0.648. The monoisotopic (exact) mass is 457 g/mol. The second-order valence-corrected chi connectivity index (χ2v) is 11.4. The van der Waals surface area contributed by atoms with Gasteiger partial charge < -0.3 is 9.80 Å². The van der Waals surface area contributed by atoms with Crippen molar-refractivity contribution in [1.82, 2.24) is 14.7 Å². The lowest BCUT2D eigenvalue weighted by molar-refractivity contribution is -0.136. The lowest BCUT2D eigenvalue weighted by Crippen LogP contribution is -2.53. The molecule has 7 heteroatoms. The summed E-state index contributed by atoms with van der Waals surface area (Å²) in [6, 6.07) is 4.25. The zero-order valence-electron chi connectivity index (χ0n) is 19.2. The van der Waals surface area contributed by atoms with Gasteiger partial charge in [0.05, 0.1) is 9.75 Å². The van der Waals surface area contributed by atoms with Crippen LogP contribution in [0.4, 0.5) is 0 Å². The Morgan fingerprint density at radius 1 is 0.875 bits per heavy atom. The van der Waals surface area contributed by atoms with Crippen LogP contribution in [0.2, 0.25) is 0 Å². The fraction of sp³-hybridized carbons (Fsp3) is 0.720. The lowest BCUT2D eigenvalue weighted by Gasteiger charge is -2.41. The maximum absolute atomic E-state index is 13.2. The van der Waals surface area contributed by atoms with E-state index in [9.17, 15) is 14.4 Å². The Bertz CT molecular complexity index is 875. The van der Waals surface area contributed by atoms with E-state index >= 15 is 0 Å². The van der Waals surface area contributed by atoms with Crippen LogP contribution in [0.1, 0.15) is 77.6 Å². The molecule has 4 fully saturated rings. The van der Waals surface area contributed by atoms with Gasteiger partial charge in [-0.05, 0) is 56.6 Å². The first-order valence-electron chi connectivity index (χ1n) is 12.4. The Morgan fingerprint density at radius 2 is 1.53 bits per heavy atom. The van der Waals surface area contributed by atoms with Crippen molar-refractivity contribution in [2.45, 2.75) is 64.3 Å². The first-order chi connectivity index (χ1) is 15.5. The first kappa shape index (κ1) is 22.1. The molecule has 6 nitrogen and oxygen atoms in total. The number of carbonyl (C=O) groups excluding carboxylic acids is 3. The van der Waals surface area contributed by atoms with Crippen molar-refractivity contribution in [1.29, 1.82) is 0 Å². The number of ketones is 1. The van der Waals surface area contributed by atoms with Gasteiger partial charge in [-0.25, -0.2) is 0 Å². The zero-order chi connectivity index (χ0) is 22.3. The number of rotatable bonds is 4. The number of piperidine rings is 1. The van der Waals surface area contributed by atoms with Gasteiger partial charge in [-0.2, -0.15) is 0 Å². The highest BCUT2D eigenvalue weighted by Crippen LogP contribution is 2.60. The predicted molar refractivity (Wildman–Crippen MR) is 125 cm³/mol. The van der Waals surface area contributed by atoms with Gasteiger partial charge in [-0.15, -0.1) is 11.3 Å². The molecule has 2 aliphatic heterocycles. The number of hydrogen-bond donors (Lipinski definition) is 0. The van der Waals surface area contributed by atoms with E-state index in [0.29, 0.717) is 28.8 Å². The summed E-state index contributed by atoms with van der Waals surface area (Å²) in [7, 11) is 0. The number of piperazine rings is 1. The highest BCUT2D eigenvalue weighted by Gasteiger charge is 2.59. The number of hydrogen-bond acceptors (Lipinski definition) is 5. The normalized spacial score (nSPS) is 26.3. The molecule has 5 rings (SSSR count). The van der Waals surface area contributed by atoms with Crippen molar-refractivity contribution in [3.63, 3.8) is 0 Å². The van der Waals surface area contributed by atoms with E-state index in [1.54, 1.807) is 12.1 Å². The highest BCUT2D eigenvalue weighted by molar-refractivity contribution is 7.15. The molecule has 2 amide bonds. The van der Waals surface area contributed by atoms with Crippen LogP contribution in [-0.2, 0) is 4.79 Å². The summed E-state index contributed by atoms with van der Waals surface area (Å²) >= 11 is 1.29. The van der Waals surface area contributed by atoms with Gasteiger partial charge in [0.15, 0.2) is 5.78 Å². The fourth-order valence-electron chi connectivity index (χ4n) is 6.18. The molecule has 0 aromatic carbocycles. The third-order valence-corrected chi connectivity index (χ3v) is 9.59. The van der Waals surface area contributed by atoms with Crippen molar-refractivity contribution in [2.75, 3.05) is 39.3 Å².